The van der Waals surface area contributed by atoms with E-state index in [2.05, 4.69) is 9.97 Å². The van der Waals surface area contributed by atoms with E-state index in [1.807, 2.05) is 0 Å². The summed E-state index contributed by atoms with van der Waals surface area (Å²) in [5.74, 6) is 0.0998. The predicted octanol–water partition coefficient (Wildman–Crippen LogP) is 0.817. The number of aryl methyl sites for hydroxylation is 1. The number of aromatic nitrogens is 2. The number of nitrogens with one attached hydrogen (secondary N) is 1. The minimum Gasteiger partial charge on any atom is -0.481 e. The lowest BCUT2D eigenvalue weighted by atomic mass is 10.2. The lowest BCUT2D eigenvalue weighted by Crippen LogP contribution is -1.96. The van der Waals surface area contributed by atoms with Gasteiger partial charge in [-0.25, -0.2) is 4.98 Å². The van der Waals surface area contributed by atoms with Crippen LogP contribution in [0.5, 0.6) is 0 Å². The van der Waals surface area contributed by atoms with Gasteiger partial charge in [0.05, 0.1) is 0 Å². The van der Waals surface area contributed by atoms with Gasteiger partial charge in [0.2, 0.25) is 0 Å². The molecule has 0 radical (unpaired) electrons. The highest BCUT2D eigenvalue weighted by Crippen LogP contribution is 1.97. The summed E-state index contributed by atoms with van der Waals surface area (Å²) >= 11 is 0. The highest BCUT2D eigenvalue weighted by molar-refractivity contribution is 5.66. The van der Waals surface area contributed by atoms with E-state index in [9.17, 15) is 4.79 Å². The number of carboxylic acid groups (broad SMARTS) is 1. The maximum Gasteiger partial charge on any atom is 0.303 e. The molecule has 1 heterocycles. The van der Waals surface area contributed by atoms with Gasteiger partial charge in [0, 0.05) is 25.2 Å². The molecule has 0 aliphatic heterocycles. The van der Waals surface area contributed by atoms with Crippen molar-refractivity contribution in [2.75, 3.05) is 0 Å². The van der Waals surface area contributed by atoms with E-state index in [0.29, 0.717) is 12.8 Å². The molecule has 60 valence electrons. The van der Waals surface area contributed by atoms with Gasteiger partial charge in [-0.15, -0.1) is 0 Å². The first-order valence-corrected chi connectivity index (χ1v) is 3.49. The van der Waals surface area contributed by atoms with Gasteiger partial charge in [0.15, 0.2) is 0 Å². The molecule has 0 spiro atoms. The van der Waals surface area contributed by atoms with Crippen LogP contribution >= 0.6 is 0 Å². The van der Waals surface area contributed by atoms with Gasteiger partial charge in [0.1, 0.15) is 5.82 Å². The topological polar surface area (TPSA) is 66.0 Å². The van der Waals surface area contributed by atoms with Crippen LogP contribution in [0.4, 0.5) is 0 Å². The van der Waals surface area contributed by atoms with Crippen LogP contribution in [0.3, 0.4) is 0 Å². The summed E-state index contributed by atoms with van der Waals surface area (Å²) in [6, 6.07) is 0. The molecule has 0 saturated carbocycles. The van der Waals surface area contributed by atoms with Crippen molar-refractivity contribution in [3.63, 3.8) is 0 Å². The number of nitrogens with zero attached hydrogens (tertiary/aromatic N) is 1. The Bertz CT molecular complexity index is 218. The monoisotopic (exact) mass is 154 g/mol. The Morgan fingerprint density at radius 1 is 1.73 bits per heavy atom. The smallest absolute Gasteiger partial charge is 0.303 e. The highest BCUT2D eigenvalue weighted by atomic mass is 16.4. The molecule has 0 atom stereocenters. The van der Waals surface area contributed by atoms with Crippen molar-refractivity contribution in [1.29, 1.82) is 0 Å². The van der Waals surface area contributed by atoms with Gasteiger partial charge in [0.25, 0.3) is 0 Å². The first-order chi connectivity index (χ1) is 5.29. The number of hydrogen-bond acceptors (Lipinski definition) is 2. The van der Waals surface area contributed by atoms with Crippen molar-refractivity contribution in [3.05, 3.63) is 18.2 Å². The Kier molecular flexibility index (Phi) is 2.66. The minimum absolute atomic E-state index is 0.209. The van der Waals surface area contributed by atoms with Crippen LogP contribution in [0.2, 0.25) is 0 Å². The Labute approximate surface area is 64.3 Å². The summed E-state index contributed by atoms with van der Waals surface area (Å²) in [6.07, 6.45) is 4.95. The van der Waals surface area contributed by atoms with Crippen LogP contribution < -0.4 is 0 Å². The molecule has 0 aliphatic carbocycles. The van der Waals surface area contributed by atoms with Gasteiger partial charge < -0.3 is 10.1 Å². The van der Waals surface area contributed by atoms with E-state index in [-0.39, 0.29) is 6.42 Å². The van der Waals surface area contributed by atoms with Gasteiger partial charge in [-0.1, -0.05) is 0 Å². The molecule has 1 aromatic rings. The zero-order chi connectivity index (χ0) is 8.10. The normalized spacial score (nSPS) is 9.82. The summed E-state index contributed by atoms with van der Waals surface area (Å²) in [5, 5.41) is 8.31. The maximum atomic E-state index is 10.1. The molecule has 0 fully saturated rings. The number of aromatic amines is 1. The SMILES string of the molecule is O=C(O)CCCc1ncc[nH]1. The van der Waals surface area contributed by atoms with Gasteiger partial charge >= 0.3 is 5.97 Å². The van der Waals surface area contributed by atoms with E-state index < -0.39 is 5.97 Å². The lowest BCUT2D eigenvalue weighted by Gasteiger charge is -1.92. The van der Waals surface area contributed by atoms with Crippen LogP contribution in [-0.4, -0.2) is 21.0 Å². The summed E-state index contributed by atoms with van der Waals surface area (Å²) in [6.45, 7) is 0. The van der Waals surface area contributed by atoms with Crippen molar-refractivity contribution in [3.8, 4) is 0 Å². The first kappa shape index (κ1) is 7.78. The first-order valence-electron chi connectivity index (χ1n) is 3.49. The van der Waals surface area contributed by atoms with Gasteiger partial charge in [-0.3, -0.25) is 4.79 Å². The van der Waals surface area contributed by atoms with Crippen molar-refractivity contribution in [1.82, 2.24) is 9.97 Å². The molecule has 1 rings (SSSR count). The minimum atomic E-state index is -0.753. The third kappa shape index (κ3) is 2.84. The fourth-order valence-corrected chi connectivity index (χ4v) is 0.842. The van der Waals surface area contributed by atoms with Crippen LogP contribution in [0.1, 0.15) is 18.7 Å². The second kappa shape index (κ2) is 3.75. The lowest BCUT2D eigenvalue weighted by molar-refractivity contribution is -0.137. The van der Waals surface area contributed by atoms with Crippen LogP contribution in [0.25, 0.3) is 0 Å². The fourth-order valence-electron chi connectivity index (χ4n) is 0.842. The summed E-state index contributed by atoms with van der Waals surface area (Å²) < 4.78 is 0. The number of carbonyl (C=O) groups is 1. The van der Waals surface area contributed by atoms with Gasteiger partial charge in [-0.2, -0.15) is 0 Å². The Morgan fingerprint density at radius 2 is 2.55 bits per heavy atom. The van der Waals surface area contributed by atoms with Crippen molar-refractivity contribution in [2.45, 2.75) is 19.3 Å². The van der Waals surface area contributed by atoms with Crippen LogP contribution in [-0.2, 0) is 11.2 Å². The number of aliphatic carboxylic acids is 1. The predicted molar refractivity (Wildman–Crippen MR) is 39.2 cm³/mol. The summed E-state index contributed by atoms with van der Waals surface area (Å²) in [5.41, 5.74) is 0. The van der Waals surface area contributed by atoms with Crippen LogP contribution in [0, 0.1) is 0 Å². The largest absolute Gasteiger partial charge is 0.481 e. The number of rotatable bonds is 4. The molecule has 1 aromatic heterocycles. The molecule has 0 aromatic carbocycles. The summed E-state index contributed by atoms with van der Waals surface area (Å²) in [4.78, 5) is 17.0. The third-order valence-corrected chi connectivity index (χ3v) is 1.36. The molecule has 11 heavy (non-hydrogen) atoms. The molecular weight excluding hydrogens is 144 g/mol. The fraction of sp³-hybridized carbons (Fsp3) is 0.429. The van der Waals surface area contributed by atoms with E-state index in [4.69, 9.17) is 5.11 Å². The van der Waals surface area contributed by atoms with Crippen molar-refractivity contribution < 1.29 is 9.90 Å². The quantitative estimate of drug-likeness (QED) is 0.674. The molecule has 0 bridgehead atoms. The number of imidazole rings is 1. The van der Waals surface area contributed by atoms with E-state index >= 15 is 0 Å². The second-order valence-electron chi connectivity index (χ2n) is 2.28. The molecule has 2 N–H and O–H groups in total. The number of hydrogen-bond donors (Lipinski definition) is 2. The Balaban J connectivity index is 2.19. The maximum absolute atomic E-state index is 10.1. The molecule has 0 saturated heterocycles. The molecule has 4 heteroatoms. The molecule has 0 unspecified atom stereocenters. The molecular formula is C7H10N2O2. The second-order valence-corrected chi connectivity index (χ2v) is 2.28. The number of H-pyrrole nitrogens is 1. The van der Waals surface area contributed by atoms with E-state index in [0.717, 1.165) is 5.82 Å². The summed E-state index contributed by atoms with van der Waals surface area (Å²) in [7, 11) is 0. The zero-order valence-electron chi connectivity index (χ0n) is 6.08. The van der Waals surface area contributed by atoms with Gasteiger partial charge in [-0.05, 0) is 6.42 Å². The number of carboxylic acids is 1. The average Bonchev–Trinajstić information content (AvgIpc) is 2.39. The zero-order valence-corrected chi connectivity index (χ0v) is 6.08. The van der Waals surface area contributed by atoms with E-state index in [1.165, 1.54) is 0 Å². The highest BCUT2D eigenvalue weighted by Gasteiger charge is 1.98. The van der Waals surface area contributed by atoms with Crippen LogP contribution in [0.15, 0.2) is 12.4 Å². The van der Waals surface area contributed by atoms with Crippen molar-refractivity contribution >= 4 is 5.97 Å². The molecule has 4 nitrogen and oxygen atoms in total. The Hall–Kier alpha value is -1.32. The van der Waals surface area contributed by atoms with Crippen molar-refractivity contribution in [2.24, 2.45) is 0 Å². The standard InChI is InChI=1S/C7H10N2O2/c10-7(11)3-1-2-6-8-4-5-9-6/h4-5H,1-3H2,(H,8,9)(H,10,11). The van der Waals surface area contributed by atoms with E-state index in [1.54, 1.807) is 12.4 Å². The molecule has 0 aliphatic rings. The Morgan fingerprint density at radius 3 is 3.09 bits per heavy atom. The average molecular weight is 154 g/mol. The third-order valence-electron chi connectivity index (χ3n) is 1.36. The molecule has 0 amide bonds.